The van der Waals surface area contributed by atoms with Crippen molar-refractivity contribution in [2.75, 3.05) is 26.4 Å². The molecule has 2 heterocycles. The van der Waals surface area contributed by atoms with Crippen molar-refractivity contribution in [3.8, 4) is 0 Å². The van der Waals surface area contributed by atoms with E-state index in [1.54, 1.807) is 0 Å². The predicted molar refractivity (Wildman–Crippen MR) is 96.7 cm³/mol. The molecular weight excluding hydrogens is 316 g/mol. The minimum atomic E-state index is 0.417. The first-order chi connectivity index (χ1) is 12.3. The van der Waals surface area contributed by atoms with Gasteiger partial charge >= 0.3 is 0 Å². The predicted octanol–water partition coefficient (Wildman–Crippen LogP) is 4.11. The molecule has 0 amide bonds. The first kappa shape index (κ1) is 18.2. The Hall–Kier alpha value is -0.160. The van der Waals surface area contributed by atoms with Crippen LogP contribution in [0.5, 0.6) is 0 Å². The third kappa shape index (κ3) is 6.50. The van der Waals surface area contributed by atoms with Crippen LogP contribution in [-0.2, 0) is 18.9 Å². The number of hydrogen-bond acceptors (Lipinski definition) is 4. The number of ether oxygens (including phenoxy) is 4. The maximum atomic E-state index is 5.96. The van der Waals surface area contributed by atoms with Gasteiger partial charge in [-0.3, -0.25) is 0 Å². The minimum Gasteiger partial charge on any atom is -0.375 e. The Bertz CT molecular complexity index is 341. The highest BCUT2D eigenvalue weighted by Crippen LogP contribution is 2.34. The van der Waals surface area contributed by atoms with Crippen molar-refractivity contribution in [1.82, 2.24) is 0 Å². The molecule has 0 aromatic heterocycles. The molecule has 0 N–H and O–H groups in total. The van der Waals surface area contributed by atoms with Crippen LogP contribution < -0.4 is 0 Å². The van der Waals surface area contributed by atoms with E-state index in [0.717, 1.165) is 38.3 Å². The molecule has 0 spiro atoms. The van der Waals surface area contributed by atoms with E-state index in [4.69, 9.17) is 18.9 Å². The summed E-state index contributed by atoms with van der Waals surface area (Å²) in [6, 6.07) is 0. The summed E-state index contributed by atoms with van der Waals surface area (Å²) in [4.78, 5) is 0. The summed E-state index contributed by atoms with van der Waals surface area (Å²) >= 11 is 0. The average molecular weight is 353 g/mol. The lowest BCUT2D eigenvalue weighted by atomic mass is 9.80. The van der Waals surface area contributed by atoms with Crippen LogP contribution in [0.4, 0.5) is 0 Å². The lowest BCUT2D eigenvalue weighted by Crippen LogP contribution is -2.24. The normalized spacial score (nSPS) is 40.8. The van der Waals surface area contributed by atoms with E-state index in [0.29, 0.717) is 24.4 Å². The SMILES string of the molecule is C(CC1CCC(OCC2CO2)CC1)CC1CCC(OCC2CO2)CC1. The van der Waals surface area contributed by atoms with E-state index < -0.39 is 0 Å². The number of hydrogen-bond donors (Lipinski definition) is 0. The zero-order chi connectivity index (χ0) is 16.9. The van der Waals surface area contributed by atoms with Crippen molar-refractivity contribution in [3.63, 3.8) is 0 Å². The summed E-state index contributed by atoms with van der Waals surface area (Å²) in [5, 5.41) is 0. The van der Waals surface area contributed by atoms with Gasteiger partial charge in [-0.1, -0.05) is 19.3 Å². The lowest BCUT2D eigenvalue weighted by Gasteiger charge is -2.30. The quantitative estimate of drug-likeness (QED) is 0.555. The third-order valence-electron chi connectivity index (χ3n) is 6.65. The first-order valence-electron chi connectivity index (χ1n) is 10.8. The maximum Gasteiger partial charge on any atom is 0.104 e. The third-order valence-corrected chi connectivity index (χ3v) is 6.65. The van der Waals surface area contributed by atoms with Gasteiger partial charge < -0.3 is 18.9 Å². The Morgan fingerprint density at radius 3 is 1.36 bits per heavy atom. The van der Waals surface area contributed by atoms with E-state index >= 15 is 0 Å². The van der Waals surface area contributed by atoms with Crippen molar-refractivity contribution < 1.29 is 18.9 Å². The molecule has 0 bridgehead atoms. The van der Waals surface area contributed by atoms with Crippen molar-refractivity contribution >= 4 is 0 Å². The highest BCUT2D eigenvalue weighted by atomic mass is 16.6. The number of rotatable bonds is 10. The van der Waals surface area contributed by atoms with Crippen LogP contribution in [0, 0.1) is 11.8 Å². The van der Waals surface area contributed by atoms with Gasteiger partial charge in [0, 0.05) is 0 Å². The highest BCUT2D eigenvalue weighted by Gasteiger charge is 2.28. The van der Waals surface area contributed by atoms with Crippen molar-refractivity contribution in [3.05, 3.63) is 0 Å². The van der Waals surface area contributed by atoms with E-state index in [2.05, 4.69) is 0 Å². The Morgan fingerprint density at radius 2 is 1.00 bits per heavy atom. The standard InChI is InChI=1S/C21H36O4/c1(2-16-4-8-18(9-5-16)22-12-20-14-24-20)3-17-6-10-19(11-7-17)23-13-21-15-25-21/h16-21H,1-15H2. The molecule has 2 atom stereocenters. The molecular formula is C21H36O4. The average Bonchev–Trinajstić information content (AvgIpc) is 3.55. The lowest BCUT2D eigenvalue weighted by molar-refractivity contribution is 0.00681. The molecule has 2 saturated heterocycles. The van der Waals surface area contributed by atoms with Crippen LogP contribution in [-0.4, -0.2) is 50.8 Å². The zero-order valence-corrected chi connectivity index (χ0v) is 15.7. The molecule has 4 fully saturated rings. The van der Waals surface area contributed by atoms with E-state index in [9.17, 15) is 0 Å². The van der Waals surface area contributed by atoms with Gasteiger partial charge in [0.15, 0.2) is 0 Å². The van der Waals surface area contributed by atoms with Crippen LogP contribution in [0.25, 0.3) is 0 Å². The molecule has 2 unspecified atom stereocenters. The molecule has 2 aliphatic heterocycles. The second-order valence-electron chi connectivity index (χ2n) is 8.79. The largest absolute Gasteiger partial charge is 0.375 e. The minimum absolute atomic E-state index is 0.417. The Labute approximate surface area is 152 Å². The summed E-state index contributed by atoms with van der Waals surface area (Å²) in [6.07, 6.45) is 16.7. The van der Waals surface area contributed by atoms with Crippen LogP contribution in [0.1, 0.15) is 70.6 Å². The second-order valence-corrected chi connectivity index (χ2v) is 8.79. The van der Waals surface area contributed by atoms with Crippen LogP contribution in [0.2, 0.25) is 0 Å². The molecule has 0 radical (unpaired) electrons. The van der Waals surface area contributed by atoms with Gasteiger partial charge in [0.05, 0.1) is 38.6 Å². The smallest absolute Gasteiger partial charge is 0.104 e. The molecule has 25 heavy (non-hydrogen) atoms. The van der Waals surface area contributed by atoms with Crippen LogP contribution in [0.3, 0.4) is 0 Å². The summed E-state index contributed by atoms with van der Waals surface area (Å²) in [5.41, 5.74) is 0. The second kappa shape index (κ2) is 9.16. The van der Waals surface area contributed by atoms with E-state index in [1.165, 1.54) is 70.6 Å². The number of epoxide rings is 2. The zero-order valence-electron chi connectivity index (χ0n) is 15.7. The highest BCUT2D eigenvalue weighted by molar-refractivity contribution is 4.78. The Kier molecular flexibility index (Phi) is 6.68. The molecule has 4 nitrogen and oxygen atoms in total. The maximum absolute atomic E-state index is 5.96. The fraction of sp³-hybridized carbons (Fsp3) is 1.00. The molecule has 0 aromatic carbocycles. The molecule has 0 aromatic rings. The first-order valence-corrected chi connectivity index (χ1v) is 10.8. The Morgan fingerprint density at radius 1 is 0.600 bits per heavy atom. The van der Waals surface area contributed by atoms with Crippen molar-refractivity contribution in [1.29, 1.82) is 0 Å². The van der Waals surface area contributed by atoms with Gasteiger partial charge in [0.2, 0.25) is 0 Å². The van der Waals surface area contributed by atoms with Crippen LogP contribution in [0.15, 0.2) is 0 Å². The molecule has 4 rings (SSSR count). The van der Waals surface area contributed by atoms with Gasteiger partial charge in [0.25, 0.3) is 0 Å². The molecule has 144 valence electrons. The van der Waals surface area contributed by atoms with Gasteiger partial charge in [0.1, 0.15) is 12.2 Å². The van der Waals surface area contributed by atoms with Gasteiger partial charge in [-0.25, -0.2) is 0 Å². The van der Waals surface area contributed by atoms with Gasteiger partial charge in [-0.15, -0.1) is 0 Å². The fourth-order valence-electron chi connectivity index (χ4n) is 4.68. The monoisotopic (exact) mass is 352 g/mol. The van der Waals surface area contributed by atoms with Crippen molar-refractivity contribution in [2.45, 2.75) is 95.0 Å². The summed E-state index contributed by atoms with van der Waals surface area (Å²) in [7, 11) is 0. The summed E-state index contributed by atoms with van der Waals surface area (Å²) in [6.45, 7) is 3.49. The molecule has 4 heteroatoms. The molecule has 4 aliphatic rings. The Balaban J connectivity index is 1.01. The molecule has 2 aliphatic carbocycles. The van der Waals surface area contributed by atoms with Crippen LogP contribution >= 0.6 is 0 Å². The van der Waals surface area contributed by atoms with E-state index in [1.807, 2.05) is 0 Å². The molecule has 2 saturated carbocycles. The summed E-state index contributed by atoms with van der Waals surface area (Å²) < 4.78 is 22.4. The van der Waals surface area contributed by atoms with Gasteiger partial charge in [-0.05, 0) is 63.2 Å². The van der Waals surface area contributed by atoms with Crippen molar-refractivity contribution in [2.24, 2.45) is 11.8 Å². The van der Waals surface area contributed by atoms with E-state index in [-0.39, 0.29) is 0 Å². The topological polar surface area (TPSA) is 43.5 Å². The summed E-state index contributed by atoms with van der Waals surface area (Å²) in [5.74, 6) is 1.91. The van der Waals surface area contributed by atoms with Gasteiger partial charge in [-0.2, -0.15) is 0 Å². The fourth-order valence-corrected chi connectivity index (χ4v) is 4.68.